The molecule has 0 aliphatic carbocycles. The minimum atomic E-state index is -0.248. The van der Waals surface area contributed by atoms with E-state index in [1.807, 2.05) is 12.1 Å². The first-order chi connectivity index (χ1) is 18.3. The van der Waals surface area contributed by atoms with Gasteiger partial charge < -0.3 is 14.2 Å². The lowest BCUT2D eigenvalue weighted by molar-refractivity contribution is -0.256. The molecule has 37 heavy (non-hydrogen) atoms. The molecule has 0 heterocycles. The van der Waals surface area contributed by atoms with Gasteiger partial charge in [-0.2, -0.15) is 0 Å². The quantitative estimate of drug-likeness (QED) is 0.0649. The monoisotopic (exact) mass is 638 g/mol. The molecule has 2 aromatic rings. The summed E-state index contributed by atoms with van der Waals surface area (Å²) in [7, 11) is 0. The van der Waals surface area contributed by atoms with Crippen molar-refractivity contribution in [2.45, 2.75) is 116 Å². The molecule has 0 N–H and O–H groups in total. The SMILES string of the molecule is BrCCCCCCCCC(OCc1ccccc1)OC(CCCCCCCCBr)OCc1ccccc1. The number of hydrogen-bond acceptors (Lipinski definition) is 3. The van der Waals surface area contributed by atoms with Crippen molar-refractivity contribution in [1.82, 2.24) is 0 Å². The number of ether oxygens (including phenoxy) is 3. The molecule has 5 heteroatoms. The molecule has 2 unspecified atom stereocenters. The Kier molecular flexibility index (Phi) is 20.4. The summed E-state index contributed by atoms with van der Waals surface area (Å²) in [5, 5.41) is 2.22. The summed E-state index contributed by atoms with van der Waals surface area (Å²) < 4.78 is 19.2. The predicted molar refractivity (Wildman–Crippen MR) is 163 cm³/mol. The lowest BCUT2D eigenvalue weighted by Crippen LogP contribution is -2.27. The van der Waals surface area contributed by atoms with Crippen LogP contribution in [0.3, 0.4) is 0 Å². The molecular weight excluding hydrogens is 592 g/mol. The molecule has 0 bridgehead atoms. The maximum Gasteiger partial charge on any atom is 0.161 e. The van der Waals surface area contributed by atoms with Crippen molar-refractivity contribution in [3.05, 3.63) is 71.8 Å². The van der Waals surface area contributed by atoms with Gasteiger partial charge in [-0.25, -0.2) is 0 Å². The number of benzene rings is 2. The Morgan fingerprint density at radius 3 is 1.19 bits per heavy atom. The second kappa shape index (κ2) is 23.2. The zero-order chi connectivity index (χ0) is 26.2. The van der Waals surface area contributed by atoms with Gasteiger partial charge in [0.1, 0.15) is 0 Å². The van der Waals surface area contributed by atoms with Crippen LogP contribution in [-0.4, -0.2) is 23.2 Å². The second-order valence-corrected chi connectivity index (χ2v) is 11.4. The molecule has 208 valence electrons. The van der Waals surface area contributed by atoms with Crippen LogP contribution in [0, 0.1) is 0 Å². The van der Waals surface area contributed by atoms with E-state index < -0.39 is 0 Å². The van der Waals surface area contributed by atoms with E-state index in [9.17, 15) is 0 Å². The zero-order valence-electron chi connectivity index (χ0n) is 22.6. The van der Waals surface area contributed by atoms with Gasteiger partial charge in [0, 0.05) is 10.7 Å². The highest BCUT2D eigenvalue weighted by Gasteiger charge is 2.18. The average Bonchev–Trinajstić information content (AvgIpc) is 2.94. The van der Waals surface area contributed by atoms with Crippen LogP contribution in [0.2, 0.25) is 0 Å². The normalized spacial score (nSPS) is 13.0. The first-order valence-electron chi connectivity index (χ1n) is 14.4. The van der Waals surface area contributed by atoms with E-state index in [1.165, 1.54) is 75.3 Å². The Bertz CT molecular complexity index is 681. The molecule has 0 amide bonds. The lowest BCUT2D eigenvalue weighted by atomic mass is 10.1. The van der Waals surface area contributed by atoms with E-state index in [0.717, 1.165) is 36.3 Å². The third-order valence-electron chi connectivity index (χ3n) is 6.51. The van der Waals surface area contributed by atoms with E-state index in [2.05, 4.69) is 80.4 Å². The molecule has 0 aromatic heterocycles. The van der Waals surface area contributed by atoms with Crippen molar-refractivity contribution >= 4 is 31.9 Å². The highest BCUT2D eigenvalue weighted by atomic mass is 79.9. The van der Waals surface area contributed by atoms with E-state index in [0.29, 0.717) is 13.2 Å². The van der Waals surface area contributed by atoms with Crippen molar-refractivity contribution in [1.29, 1.82) is 0 Å². The summed E-state index contributed by atoms with van der Waals surface area (Å²) in [5.41, 5.74) is 2.35. The van der Waals surface area contributed by atoms with Crippen LogP contribution in [0.5, 0.6) is 0 Å². The molecule has 0 spiro atoms. The highest BCUT2D eigenvalue weighted by molar-refractivity contribution is 9.09. The molecule has 0 aliphatic rings. The number of rotatable bonds is 24. The summed E-state index contributed by atoms with van der Waals surface area (Å²) in [6.45, 7) is 1.13. The van der Waals surface area contributed by atoms with Crippen LogP contribution in [0.25, 0.3) is 0 Å². The zero-order valence-corrected chi connectivity index (χ0v) is 25.8. The standard InChI is InChI=1S/C32H48Br2O3/c33-25-17-7-3-1-5-15-23-31(35-27-29-19-11-9-12-20-29)37-32(24-16-6-2-4-8-18-26-34)36-28-30-21-13-10-14-22-30/h9-14,19-22,31-32H,1-8,15-18,23-28H2. The maximum atomic E-state index is 6.53. The minimum absolute atomic E-state index is 0.248. The number of unbranched alkanes of at least 4 members (excludes halogenated alkanes) is 10. The first kappa shape index (κ1) is 32.5. The van der Waals surface area contributed by atoms with Gasteiger partial charge >= 0.3 is 0 Å². The summed E-state index contributed by atoms with van der Waals surface area (Å²) >= 11 is 7.06. The smallest absolute Gasteiger partial charge is 0.161 e. The van der Waals surface area contributed by atoms with Crippen molar-refractivity contribution in [3.8, 4) is 0 Å². The van der Waals surface area contributed by atoms with Gasteiger partial charge in [-0.05, 0) is 49.7 Å². The topological polar surface area (TPSA) is 27.7 Å². The second-order valence-electron chi connectivity index (χ2n) is 9.79. The fraction of sp³-hybridized carbons (Fsp3) is 0.625. The fourth-order valence-electron chi connectivity index (χ4n) is 4.30. The van der Waals surface area contributed by atoms with Gasteiger partial charge in [0.2, 0.25) is 0 Å². The minimum Gasteiger partial charge on any atom is -0.348 e. The van der Waals surface area contributed by atoms with Crippen LogP contribution in [-0.2, 0) is 27.4 Å². The van der Waals surface area contributed by atoms with Crippen LogP contribution in [0.15, 0.2) is 60.7 Å². The summed E-state index contributed by atoms with van der Waals surface area (Å²) in [5.74, 6) is 0. The predicted octanol–water partition coefficient (Wildman–Crippen LogP) is 10.3. The Labute approximate surface area is 243 Å². The summed E-state index contributed by atoms with van der Waals surface area (Å²) in [6, 6.07) is 20.8. The molecule has 2 rings (SSSR count). The third kappa shape index (κ3) is 17.5. The fourth-order valence-corrected chi connectivity index (χ4v) is 5.10. The first-order valence-corrected chi connectivity index (χ1v) is 16.6. The van der Waals surface area contributed by atoms with E-state index >= 15 is 0 Å². The van der Waals surface area contributed by atoms with Gasteiger partial charge in [0.25, 0.3) is 0 Å². The van der Waals surface area contributed by atoms with Crippen molar-refractivity contribution in [2.24, 2.45) is 0 Å². The third-order valence-corrected chi connectivity index (χ3v) is 7.63. The molecule has 0 saturated carbocycles. The van der Waals surface area contributed by atoms with E-state index in [1.54, 1.807) is 0 Å². The molecule has 0 fully saturated rings. The van der Waals surface area contributed by atoms with Crippen LogP contribution in [0.4, 0.5) is 0 Å². The molecule has 0 saturated heterocycles. The number of halogens is 2. The van der Waals surface area contributed by atoms with Gasteiger partial charge in [0.05, 0.1) is 13.2 Å². The number of hydrogen-bond donors (Lipinski definition) is 0. The summed E-state index contributed by atoms with van der Waals surface area (Å²) in [4.78, 5) is 0. The molecule has 0 aliphatic heterocycles. The molecule has 0 radical (unpaired) electrons. The average molecular weight is 641 g/mol. The Balaban J connectivity index is 1.88. The molecule has 2 aromatic carbocycles. The number of alkyl halides is 2. The molecule has 2 atom stereocenters. The van der Waals surface area contributed by atoms with E-state index in [4.69, 9.17) is 14.2 Å². The molecular formula is C32H48Br2O3. The van der Waals surface area contributed by atoms with E-state index in [-0.39, 0.29) is 12.6 Å². The van der Waals surface area contributed by atoms with Crippen LogP contribution < -0.4 is 0 Å². The highest BCUT2D eigenvalue weighted by Crippen LogP contribution is 2.20. The largest absolute Gasteiger partial charge is 0.348 e. The van der Waals surface area contributed by atoms with Crippen LogP contribution >= 0.6 is 31.9 Å². The van der Waals surface area contributed by atoms with Crippen molar-refractivity contribution < 1.29 is 14.2 Å². The Morgan fingerprint density at radius 1 is 0.459 bits per heavy atom. The van der Waals surface area contributed by atoms with Crippen molar-refractivity contribution in [3.63, 3.8) is 0 Å². The van der Waals surface area contributed by atoms with Gasteiger partial charge in [-0.1, -0.05) is 144 Å². The molecule has 3 nitrogen and oxygen atoms in total. The van der Waals surface area contributed by atoms with Gasteiger partial charge in [0.15, 0.2) is 12.6 Å². The maximum absolute atomic E-state index is 6.53. The lowest BCUT2D eigenvalue weighted by Gasteiger charge is -2.26. The van der Waals surface area contributed by atoms with Gasteiger partial charge in [-0.15, -0.1) is 0 Å². The van der Waals surface area contributed by atoms with Gasteiger partial charge in [-0.3, -0.25) is 0 Å². The Morgan fingerprint density at radius 2 is 0.811 bits per heavy atom. The van der Waals surface area contributed by atoms with Crippen LogP contribution in [0.1, 0.15) is 101 Å². The van der Waals surface area contributed by atoms with Crippen molar-refractivity contribution in [2.75, 3.05) is 10.7 Å². The summed E-state index contributed by atoms with van der Waals surface area (Å²) in [6.07, 6.45) is 16.3. The Hall–Kier alpha value is -0.720.